The van der Waals surface area contributed by atoms with E-state index in [0.29, 0.717) is 4.90 Å². The van der Waals surface area contributed by atoms with Crippen LogP contribution in [0, 0.1) is 0 Å². The molecule has 152 valence electrons. The number of hydrogen-bond acceptors (Lipinski definition) is 1. The summed E-state index contributed by atoms with van der Waals surface area (Å²) >= 11 is -2.03. The maximum atomic E-state index is 11.9. The largest absolute Gasteiger partial charge is 0.302 e. The molecule has 0 bridgehead atoms. The lowest BCUT2D eigenvalue weighted by molar-refractivity contribution is 0.564. The van der Waals surface area contributed by atoms with Crippen LogP contribution in [0.4, 0.5) is 0 Å². The lowest BCUT2D eigenvalue weighted by atomic mass is 10.1. The maximum absolute atomic E-state index is 11.9. The highest BCUT2D eigenvalue weighted by molar-refractivity contribution is 7.96. The van der Waals surface area contributed by atoms with Gasteiger partial charge in [0.25, 0.3) is 0 Å². The van der Waals surface area contributed by atoms with Crippen LogP contribution in [0.3, 0.4) is 0 Å². The second-order valence-corrected chi connectivity index (χ2v) is 11.7. The van der Waals surface area contributed by atoms with Crippen LogP contribution in [0.5, 0.6) is 0 Å². The monoisotopic (exact) mass is 440 g/mol. The lowest BCUT2D eigenvalue weighted by Gasteiger charge is -2.31. The van der Waals surface area contributed by atoms with E-state index in [-0.39, 0.29) is 0 Å². The van der Waals surface area contributed by atoms with Gasteiger partial charge >= 0.3 is 0 Å². The Morgan fingerprint density at radius 1 is 0.613 bits per heavy atom. The van der Waals surface area contributed by atoms with Crippen LogP contribution in [0.15, 0.2) is 120 Å². The van der Waals surface area contributed by atoms with E-state index in [4.69, 9.17) is 0 Å². The molecule has 1 atom stereocenters. The van der Waals surface area contributed by atoms with E-state index >= 15 is 0 Å². The number of benzene rings is 4. The molecular weight excluding hydrogens is 419 g/mol. The molecule has 0 saturated carbocycles. The molecule has 1 N–H and O–H groups in total. The SMILES string of the molecule is O=S(O)c1ccc2c(c1)C(=P(c1ccccc1)(c1ccccc1)c1ccccc1)C=C2. The molecule has 4 aromatic carbocycles. The van der Waals surface area contributed by atoms with Gasteiger partial charge in [0, 0.05) is 0 Å². The second kappa shape index (κ2) is 8.28. The van der Waals surface area contributed by atoms with Gasteiger partial charge in [-0.25, -0.2) is 4.21 Å². The minimum atomic E-state index is -2.23. The minimum absolute atomic E-state index is 0.423. The summed E-state index contributed by atoms with van der Waals surface area (Å²) in [7, 11) is 0. The molecule has 2 nitrogen and oxygen atoms in total. The van der Waals surface area contributed by atoms with E-state index in [9.17, 15) is 8.76 Å². The second-order valence-electron chi connectivity index (χ2n) is 7.39. The number of fused-ring (bicyclic) bond motifs is 1. The zero-order valence-corrected chi connectivity index (χ0v) is 18.5. The fraction of sp³-hybridized carbons (Fsp3) is 0. The topological polar surface area (TPSA) is 37.3 Å². The quantitative estimate of drug-likeness (QED) is 0.365. The van der Waals surface area contributed by atoms with Crippen molar-refractivity contribution in [3.8, 4) is 0 Å². The summed E-state index contributed by atoms with van der Waals surface area (Å²) in [5.74, 6) is 0. The highest BCUT2D eigenvalue weighted by atomic mass is 32.2. The molecule has 0 saturated heterocycles. The van der Waals surface area contributed by atoms with E-state index in [1.807, 2.05) is 30.3 Å². The van der Waals surface area contributed by atoms with Crippen LogP contribution in [0.2, 0.25) is 0 Å². The van der Waals surface area contributed by atoms with Crippen molar-refractivity contribution in [2.24, 2.45) is 0 Å². The van der Waals surface area contributed by atoms with E-state index in [1.165, 1.54) is 21.2 Å². The summed E-state index contributed by atoms with van der Waals surface area (Å²) in [6.45, 7) is -2.23. The molecule has 0 aliphatic heterocycles. The number of hydrogen-bond donors (Lipinski definition) is 1. The van der Waals surface area contributed by atoms with Crippen molar-refractivity contribution in [1.29, 1.82) is 0 Å². The van der Waals surface area contributed by atoms with Crippen molar-refractivity contribution in [3.63, 3.8) is 0 Å². The molecule has 4 heteroatoms. The van der Waals surface area contributed by atoms with Crippen LogP contribution in [-0.2, 0) is 11.1 Å². The molecule has 0 spiro atoms. The standard InChI is InChI=1S/C27H21O2PS/c28-31(29)25-18-16-21-17-19-27(26(21)20-25)30(22-10-4-1-5-11-22,23-12-6-2-7-13-23)24-14-8-3-9-15-24/h1-20H,(H,28,29). The van der Waals surface area contributed by atoms with Crippen LogP contribution >= 0.6 is 6.89 Å². The van der Waals surface area contributed by atoms with Crippen LogP contribution < -0.4 is 15.9 Å². The van der Waals surface area contributed by atoms with E-state index in [2.05, 4.69) is 84.9 Å². The number of rotatable bonds is 4. The van der Waals surface area contributed by atoms with Crippen molar-refractivity contribution >= 4 is 45.2 Å². The summed E-state index contributed by atoms with van der Waals surface area (Å²) in [6.07, 6.45) is 4.33. The molecule has 0 aromatic heterocycles. The molecule has 31 heavy (non-hydrogen) atoms. The molecule has 5 rings (SSSR count). The van der Waals surface area contributed by atoms with Gasteiger partial charge in [-0.15, -0.1) is 0 Å². The summed E-state index contributed by atoms with van der Waals surface area (Å²) in [6, 6.07) is 37.5. The Kier molecular flexibility index (Phi) is 5.33. The van der Waals surface area contributed by atoms with Gasteiger partial charge in [0.2, 0.25) is 0 Å². The average molecular weight is 441 g/mol. The maximum Gasteiger partial charge on any atom is 0.186 e. The van der Waals surface area contributed by atoms with Gasteiger partial charge < -0.3 is 4.55 Å². The first-order valence-corrected chi connectivity index (χ1v) is 13.0. The normalized spacial score (nSPS) is 13.8. The van der Waals surface area contributed by atoms with Crippen molar-refractivity contribution in [2.45, 2.75) is 4.90 Å². The fourth-order valence-electron chi connectivity index (χ4n) is 4.38. The fourth-order valence-corrected chi connectivity index (χ4v) is 9.22. The third kappa shape index (κ3) is 3.36. The number of allylic oxidation sites excluding steroid dienone is 1. The first-order chi connectivity index (χ1) is 15.2. The van der Waals surface area contributed by atoms with Crippen molar-refractivity contribution in [3.05, 3.63) is 126 Å². The summed E-state index contributed by atoms with van der Waals surface area (Å²) in [4.78, 5) is 0.423. The zero-order valence-electron chi connectivity index (χ0n) is 16.8. The molecule has 0 radical (unpaired) electrons. The minimum Gasteiger partial charge on any atom is -0.302 e. The van der Waals surface area contributed by atoms with Gasteiger partial charge in [0.05, 0.1) is 4.90 Å². The summed E-state index contributed by atoms with van der Waals surface area (Å²) in [5.41, 5.74) is 2.11. The molecule has 4 aromatic rings. The van der Waals surface area contributed by atoms with Gasteiger partial charge in [0.15, 0.2) is 11.1 Å². The highest BCUT2D eigenvalue weighted by Gasteiger charge is 2.31. The van der Waals surface area contributed by atoms with Gasteiger partial charge in [-0.2, -0.15) is 0 Å². The Morgan fingerprint density at radius 3 is 1.55 bits per heavy atom. The summed E-state index contributed by atoms with van der Waals surface area (Å²) in [5, 5.41) is 4.99. The molecule has 1 unspecified atom stereocenters. The van der Waals surface area contributed by atoms with Crippen molar-refractivity contribution in [1.82, 2.24) is 0 Å². The third-order valence-electron chi connectivity index (χ3n) is 5.71. The van der Waals surface area contributed by atoms with E-state index < -0.39 is 18.0 Å². The van der Waals surface area contributed by atoms with Crippen molar-refractivity contribution in [2.75, 3.05) is 0 Å². The molecule has 1 aliphatic rings. The first-order valence-electron chi connectivity index (χ1n) is 10.1. The molecular formula is C27H21O2PS. The highest BCUT2D eigenvalue weighted by Crippen LogP contribution is 2.49. The Labute approximate surface area is 185 Å². The third-order valence-corrected chi connectivity index (χ3v) is 10.7. The van der Waals surface area contributed by atoms with Crippen molar-refractivity contribution < 1.29 is 8.76 Å². The first kappa shape index (κ1) is 20.0. The molecule has 1 aliphatic carbocycles. The smallest absolute Gasteiger partial charge is 0.186 e. The Bertz CT molecular complexity index is 1240. The van der Waals surface area contributed by atoms with Crippen LogP contribution in [0.1, 0.15) is 11.1 Å². The predicted molar refractivity (Wildman–Crippen MR) is 134 cm³/mol. The Morgan fingerprint density at radius 2 is 1.10 bits per heavy atom. The zero-order chi connectivity index (χ0) is 21.3. The molecule has 0 amide bonds. The van der Waals surface area contributed by atoms with Gasteiger partial charge in [-0.1, -0.05) is 109 Å². The van der Waals surface area contributed by atoms with Crippen LogP contribution in [0.25, 0.3) is 6.08 Å². The Hall–Kier alpha value is -2.97. The Balaban J connectivity index is 2.00. The van der Waals surface area contributed by atoms with Gasteiger partial charge in [-0.05, 0) is 51.4 Å². The van der Waals surface area contributed by atoms with Crippen LogP contribution in [-0.4, -0.2) is 14.1 Å². The average Bonchev–Trinajstić information content (AvgIpc) is 3.25. The molecule has 0 fully saturated rings. The van der Waals surface area contributed by atoms with E-state index in [0.717, 1.165) is 11.1 Å². The van der Waals surface area contributed by atoms with Gasteiger partial charge in [-0.3, -0.25) is 0 Å². The predicted octanol–water partition coefficient (Wildman–Crippen LogP) is 4.81. The van der Waals surface area contributed by atoms with E-state index in [1.54, 1.807) is 6.07 Å². The molecule has 0 heterocycles. The lowest BCUT2D eigenvalue weighted by Crippen LogP contribution is -2.30. The van der Waals surface area contributed by atoms with Gasteiger partial charge in [0.1, 0.15) is 0 Å². The summed E-state index contributed by atoms with van der Waals surface area (Å²) < 4.78 is 21.6.